The highest BCUT2D eigenvalue weighted by Gasteiger charge is 2.15. The minimum Gasteiger partial charge on any atom is -0.456 e. The fraction of sp³-hybridized carbons (Fsp3) is 0. The summed E-state index contributed by atoms with van der Waals surface area (Å²) in [7, 11) is 1.10. The highest BCUT2D eigenvalue weighted by Crippen LogP contribution is 2.36. The molecule has 7 aromatic rings. The molecule has 0 aliphatic heterocycles. The molecule has 2 heterocycles. The summed E-state index contributed by atoms with van der Waals surface area (Å²) < 4.78 is 8.60. The van der Waals surface area contributed by atoms with Gasteiger partial charge in [-0.15, -0.1) is 0 Å². The van der Waals surface area contributed by atoms with Gasteiger partial charge in [0.15, 0.2) is 0 Å². The normalized spacial score (nSPS) is 11.7. The fourth-order valence-electron chi connectivity index (χ4n) is 5.16. The number of rotatable bonds is 3. The Morgan fingerprint density at radius 2 is 1.15 bits per heavy atom. The van der Waals surface area contributed by atoms with Crippen molar-refractivity contribution in [2.45, 2.75) is 0 Å². The zero-order valence-electron chi connectivity index (χ0n) is 18.3. The van der Waals surface area contributed by atoms with E-state index in [0.717, 1.165) is 40.7 Å². The van der Waals surface area contributed by atoms with Crippen LogP contribution in [0.15, 0.2) is 114 Å². The van der Waals surface area contributed by atoms with E-state index in [-0.39, 0.29) is 0 Å². The van der Waals surface area contributed by atoms with Crippen LogP contribution in [0.3, 0.4) is 0 Å². The molecule has 0 spiro atoms. The molecule has 0 aliphatic rings. The maximum absolute atomic E-state index is 9.63. The molecule has 2 aromatic heterocycles. The molecule has 1 N–H and O–H groups in total. The molecule has 0 fully saturated rings. The zero-order chi connectivity index (χ0) is 22.6. The molecular formula is C30H19BNO2. The number of hydrogen-bond acceptors (Lipinski definition) is 2. The summed E-state index contributed by atoms with van der Waals surface area (Å²) >= 11 is 0. The lowest BCUT2D eigenvalue weighted by molar-refractivity contribution is 0.613. The lowest BCUT2D eigenvalue weighted by Crippen LogP contribution is -2.12. The maximum Gasteiger partial charge on any atom is 0.330 e. The first-order chi connectivity index (χ1) is 16.8. The summed E-state index contributed by atoms with van der Waals surface area (Å²) in [5.41, 5.74) is 7.85. The number of para-hydroxylation sites is 4. The van der Waals surface area contributed by atoms with Crippen LogP contribution in [0.4, 0.5) is 0 Å². The molecule has 0 saturated heterocycles. The van der Waals surface area contributed by atoms with Crippen molar-refractivity contribution in [3.8, 4) is 16.8 Å². The summed E-state index contributed by atoms with van der Waals surface area (Å²) in [5.74, 6) is 0. The Hall–Kier alpha value is -4.28. The van der Waals surface area contributed by atoms with E-state index in [1.165, 1.54) is 21.8 Å². The summed E-state index contributed by atoms with van der Waals surface area (Å²) in [6.07, 6.45) is 0. The highest BCUT2D eigenvalue weighted by atomic mass is 16.3. The first-order valence-electron chi connectivity index (χ1n) is 11.3. The molecule has 0 unspecified atom stereocenters. The Morgan fingerprint density at radius 3 is 1.82 bits per heavy atom. The minimum atomic E-state index is 0.682. The predicted molar refractivity (Wildman–Crippen MR) is 141 cm³/mol. The third-order valence-electron chi connectivity index (χ3n) is 6.71. The number of aromatic nitrogens is 1. The van der Waals surface area contributed by atoms with Crippen molar-refractivity contribution >= 4 is 56.7 Å². The Kier molecular flexibility index (Phi) is 4.17. The van der Waals surface area contributed by atoms with E-state index in [9.17, 15) is 5.02 Å². The second kappa shape index (κ2) is 7.37. The molecule has 0 saturated carbocycles. The van der Waals surface area contributed by atoms with Gasteiger partial charge >= 0.3 is 7.48 Å². The van der Waals surface area contributed by atoms with Gasteiger partial charge in [-0.1, -0.05) is 84.9 Å². The molecule has 159 valence electrons. The average molecular weight is 436 g/mol. The quantitative estimate of drug-likeness (QED) is 0.318. The SMILES string of the molecule is O[B]c1cccc2c1oc1c(-c3ccc(-n4c5ccccc5c5ccccc54)cc3)cccc12. The van der Waals surface area contributed by atoms with Crippen LogP contribution in [0, 0.1) is 0 Å². The van der Waals surface area contributed by atoms with Crippen molar-refractivity contribution in [3.05, 3.63) is 109 Å². The largest absolute Gasteiger partial charge is 0.456 e. The Bertz CT molecular complexity index is 1790. The fourth-order valence-corrected chi connectivity index (χ4v) is 5.16. The van der Waals surface area contributed by atoms with Crippen LogP contribution in [0.1, 0.15) is 0 Å². The topological polar surface area (TPSA) is 38.3 Å². The van der Waals surface area contributed by atoms with Crippen LogP contribution >= 0.6 is 0 Å². The van der Waals surface area contributed by atoms with E-state index < -0.39 is 0 Å². The molecule has 7 rings (SSSR count). The lowest BCUT2D eigenvalue weighted by atomic mass is 9.87. The monoisotopic (exact) mass is 436 g/mol. The van der Waals surface area contributed by atoms with E-state index in [0.29, 0.717) is 11.0 Å². The highest BCUT2D eigenvalue weighted by molar-refractivity contribution is 6.50. The van der Waals surface area contributed by atoms with Gasteiger partial charge in [-0.25, -0.2) is 0 Å². The predicted octanol–water partition coefficient (Wildman–Crippen LogP) is 6.59. The van der Waals surface area contributed by atoms with Crippen LogP contribution < -0.4 is 5.46 Å². The molecule has 34 heavy (non-hydrogen) atoms. The third kappa shape index (κ3) is 2.69. The van der Waals surface area contributed by atoms with Crippen LogP contribution in [-0.2, 0) is 0 Å². The van der Waals surface area contributed by atoms with Gasteiger partial charge in [-0.05, 0) is 35.3 Å². The van der Waals surface area contributed by atoms with Gasteiger partial charge in [-0.3, -0.25) is 0 Å². The summed E-state index contributed by atoms with van der Waals surface area (Å²) in [6, 6.07) is 37.8. The second-order valence-electron chi connectivity index (χ2n) is 8.55. The van der Waals surface area contributed by atoms with Crippen molar-refractivity contribution in [3.63, 3.8) is 0 Å². The molecule has 0 amide bonds. The van der Waals surface area contributed by atoms with Gasteiger partial charge in [0.05, 0.1) is 11.0 Å². The molecule has 1 radical (unpaired) electrons. The van der Waals surface area contributed by atoms with E-state index in [4.69, 9.17) is 4.42 Å². The van der Waals surface area contributed by atoms with E-state index in [2.05, 4.69) is 95.6 Å². The smallest absolute Gasteiger partial charge is 0.330 e. The average Bonchev–Trinajstić information content (AvgIpc) is 3.45. The maximum atomic E-state index is 9.63. The second-order valence-corrected chi connectivity index (χ2v) is 8.55. The van der Waals surface area contributed by atoms with Gasteiger partial charge < -0.3 is 14.0 Å². The lowest BCUT2D eigenvalue weighted by Gasteiger charge is -2.09. The first-order valence-corrected chi connectivity index (χ1v) is 11.3. The molecule has 3 nitrogen and oxygen atoms in total. The zero-order valence-corrected chi connectivity index (χ0v) is 18.3. The van der Waals surface area contributed by atoms with Crippen molar-refractivity contribution in [2.24, 2.45) is 0 Å². The molecular weight excluding hydrogens is 417 g/mol. The van der Waals surface area contributed by atoms with E-state index in [1.54, 1.807) is 0 Å². The van der Waals surface area contributed by atoms with Gasteiger partial charge in [0.2, 0.25) is 0 Å². The molecule has 4 heteroatoms. The standard InChI is InChI=1S/C30H19BNO2/c33-31-26-12-6-11-25-24-10-5-9-21(29(24)34-30(25)26)19-15-17-20(18-16-19)32-27-13-3-1-7-22(27)23-8-2-4-14-28(23)32/h1-18,33H. The van der Waals surface area contributed by atoms with Crippen molar-refractivity contribution < 1.29 is 9.44 Å². The van der Waals surface area contributed by atoms with Crippen molar-refractivity contribution in [2.75, 3.05) is 0 Å². The van der Waals surface area contributed by atoms with Gasteiger partial charge in [0.25, 0.3) is 0 Å². The van der Waals surface area contributed by atoms with Crippen LogP contribution in [0.25, 0.3) is 60.6 Å². The third-order valence-corrected chi connectivity index (χ3v) is 6.71. The summed E-state index contributed by atoms with van der Waals surface area (Å²) in [4.78, 5) is 0. The Balaban J connectivity index is 1.41. The molecule has 0 bridgehead atoms. The van der Waals surface area contributed by atoms with E-state index in [1.807, 2.05) is 18.2 Å². The summed E-state index contributed by atoms with van der Waals surface area (Å²) in [6.45, 7) is 0. The van der Waals surface area contributed by atoms with Gasteiger partial charge in [-0.2, -0.15) is 0 Å². The minimum absolute atomic E-state index is 0.682. The van der Waals surface area contributed by atoms with Crippen LogP contribution in [0.2, 0.25) is 0 Å². The van der Waals surface area contributed by atoms with Crippen molar-refractivity contribution in [1.82, 2.24) is 4.57 Å². The van der Waals surface area contributed by atoms with Crippen LogP contribution in [-0.4, -0.2) is 17.1 Å². The number of nitrogens with zero attached hydrogens (tertiary/aromatic N) is 1. The van der Waals surface area contributed by atoms with Crippen molar-refractivity contribution in [1.29, 1.82) is 0 Å². The summed E-state index contributed by atoms with van der Waals surface area (Å²) in [5, 5.41) is 14.2. The van der Waals surface area contributed by atoms with Gasteiger partial charge in [0, 0.05) is 32.8 Å². The molecule has 5 aromatic carbocycles. The number of furan rings is 1. The van der Waals surface area contributed by atoms with E-state index >= 15 is 0 Å². The number of fused-ring (bicyclic) bond motifs is 6. The Labute approximate surface area is 196 Å². The number of benzene rings is 5. The van der Waals surface area contributed by atoms with Gasteiger partial charge in [0.1, 0.15) is 11.2 Å². The van der Waals surface area contributed by atoms with Crippen LogP contribution in [0.5, 0.6) is 0 Å². The number of hydrogen-bond donors (Lipinski definition) is 1. The molecule has 0 atom stereocenters. The first kappa shape index (κ1) is 19.2. The molecule has 0 aliphatic carbocycles. The Morgan fingerprint density at radius 1 is 0.559 bits per heavy atom.